The molecular weight excluding hydrogens is 253 g/mol. The molecule has 0 atom stereocenters. The molecule has 4 nitrogen and oxygen atoms in total. The summed E-state index contributed by atoms with van der Waals surface area (Å²) < 4.78 is 18.7. The summed E-state index contributed by atoms with van der Waals surface area (Å²) in [5, 5.41) is 3.84. The molecule has 1 rings (SSSR count). The van der Waals surface area contributed by atoms with Crippen LogP contribution in [0.5, 0.6) is 5.75 Å². The lowest BCUT2D eigenvalue weighted by Crippen LogP contribution is -2.24. The Kier molecular flexibility index (Phi) is 6.07. The van der Waals surface area contributed by atoms with Gasteiger partial charge in [-0.1, -0.05) is 13.3 Å². The highest BCUT2D eigenvalue weighted by atomic mass is 32.1. The van der Waals surface area contributed by atoms with Crippen molar-refractivity contribution in [2.24, 2.45) is 10.8 Å². The summed E-state index contributed by atoms with van der Waals surface area (Å²) in [5.41, 5.74) is 8.17. The Labute approximate surface area is 111 Å². The molecule has 3 N–H and O–H groups in total. The zero-order valence-corrected chi connectivity index (χ0v) is 11.0. The fourth-order valence-corrected chi connectivity index (χ4v) is 1.30. The van der Waals surface area contributed by atoms with Crippen LogP contribution in [0.25, 0.3) is 0 Å². The highest BCUT2D eigenvalue weighted by Crippen LogP contribution is 2.18. The number of hydrogen-bond acceptors (Lipinski definition) is 3. The molecule has 0 saturated carbocycles. The average Bonchev–Trinajstić information content (AvgIpc) is 2.31. The van der Waals surface area contributed by atoms with Gasteiger partial charge < -0.3 is 10.5 Å². The third kappa shape index (κ3) is 5.09. The molecule has 1 aromatic carbocycles. The first-order chi connectivity index (χ1) is 8.63. The van der Waals surface area contributed by atoms with E-state index in [0.717, 1.165) is 12.8 Å². The van der Waals surface area contributed by atoms with E-state index in [-0.39, 0.29) is 10.9 Å². The lowest BCUT2D eigenvalue weighted by Gasteiger charge is -2.08. The fourth-order valence-electron chi connectivity index (χ4n) is 1.24. The number of thiocarbonyl (C=S) groups is 1. The molecule has 0 aliphatic heterocycles. The Morgan fingerprint density at radius 3 is 3.06 bits per heavy atom. The molecule has 0 radical (unpaired) electrons. The Balaban J connectivity index is 2.76. The summed E-state index contributed by atoms with van der Waals surface area (Å²) in [7, 11) is 0. The largest absolute Gasteiger partial charge is 0.493 e. The van der Waals surface area contributed by atoms with Crippen molar-refractivity contribution in [1.29, 1.82) is 0 Å². The van der Waals surface area contributed by atoms with Crippen molar-refractivity contribution in [3.8, 4) is 5.75 Å². The fraction of sp³-hybridized carbons (Fsp3) is 0.333. The van der Waals surface area contributed by atoms with Crippen LogP contribution in [0.3, 0.4) is 0 Å². The van der Waals surface area contributed by atoms with Gasteiger partial charge in [0.25, 0.3) is 0 Å². The number of unbranched alkanes of at least 4 members (excludes halogenated alkanes) is 1. The van der Waals surface area contributed by atoms with Crippen LogP contribution in [-0.4, -0.2) is 17.9 Å². The number of nitrogens with zero attached hydrogens (tertiary/aromatic N) is 1. The summed E-state index contributed by atoms with van der Waals surface area (Å²) in [4.78, 5) is 0. The Hall–Kier alpha value is -1.69. The first-order valence-electron chi connectivity index (χ1n) is 5.64. The van der Waals surface area contributed by atoms with Gasteiger partial charge in [-0.05, 0) is 36.8 Å². The van der Waals surface area contributed by atoms with Crippen LogP contribution in [0.1, 0.15) is 25.3 Å². The van der Waals surface area contributed by atoms with Gasteiger partial charge in [-0.15, -0.1) is 0 Å². The second kappa shape index (κ2) is 7.60. The monoisotopic (exact) mass is 269 g/mol. The predicted molar refractivity (Wildman–Crippen MR) is 74.3 cm³/mol. The summed E-state index contributed by atoms with van der Waals surface area (Å²) in [6.45, 7) is 2.66. The number of hydrazone groups is 1. The highest BCUT2D eigenvalue weighted by Gasteiger charge is 2.03. The number of ether oxygens (including phenoxy) is 1. The van der Waals surface area contributed by atoms with E-state index in [2.05, 4.69) is 29.7 Å². The van der Waals surface area contributed by atoms with Crippen LogP contribution in [0.4, 0.5) is 4.39 Å². The van der Waals surface area contributed by atoms with E-state index in [1.807, 2.05) is 0 Å². The molecule has 0 saturated heterocycles. The molecule has 0 heterocycles. The minimum Gasteiger partial charge on any atom is -0.493 e. The van der Waals surface area contributed by atoms with Crippen molar-refractivity contribution in [2.75, 3.05) is 6.61 Å². The third-order valence-corrected chi connectivity index (χ3v) is 2.20. The van der Waals surface area contributed by atoms with Crippen LogP contribution in [0.2, 0.25) is 0 Å². The van der Waals surface area contributed by atoms with Gasteiger partial charge in [-0.3, -0.25) is 5.43 Å². The quantitative estimate of drug-likeness (QED) is 0.360. The SMILES string of the molecule is CCCCOc1ccc(F)cc1C=NNC(N)=S. The van der Waals surface area contributed by atoms with E-state index in [0.29, 0.717) is 17.9 Å². The van der Waals surface area contributed by atoms with Crippen molar-refractivity contribution < 1.29 is 9.13 Å². The number of benzene rings is 1. The molecule has 18 heavy (non-hydrogen) atoms. The normalized spacial score (nSPS) is 10.6. The van der Waals surface area contributed by atoms with Crippen LogP contribution >= 0.6 is 12.2 Å². The maximum Gasteiger partial charge on any atom is 0.184 e. The van der Waals surface area contributed by atoms with Gasteiger partial charge in [0, 0.05) is 5.56 Å². The second-order valence-corrected chi connectivity index (χ2v) is 4.06. The molecule has 0 bridgehead atoms. The van der Waals surface area contributed by atoms with Crippen molar-refractivity contribution in [3.63, 3.8) is 0 Å². The van der Waals surface area contributed by atoms with E-state index in [1.54, 1.807) is 6.07 Å². The van der Waals surface area contributed by atoms with E-state index < -0.39 is 0 Å². The first-order valence-corrected chi connectivity index (χ1v) is 6.05. The van der Waals surface area contributed by atoms with Crippen molar-refractivity contribution in [1.82, 2.24) is 5.43 Å². The molecule has 0 aliphatic carbocycles. The molecule has 0 fully saturated rings. The molecule has 1 aromatic rings. The topological polar surface area (TPSA) is 59.6 Å². The molecule has 0 aliphatic rings. The van der Waals surface area contributed by atoms with Crippen LogP contribution in [0.15, 0.2) is 23.3 Å². The average molecular weight is 269 g/mol. The maximum absolute atomic E-state index is 13.1. The molecule has 6 heteroatoms. The maximum atomic E-state index is 13.1. The zero-order valence-electron chi connectivity index (χ0n) is 10.1. The second-order valence-electron chi connectivity index (χ2n) is 3.62. The molecule has 98 valence electrons. The number of hydrogen-bond donors (Lipinski definition) is 2. The number of nitrogens with one attached hydrogen (secondary N) is 1. The first kappa shape index (κ1) is 14.4. The minimum atomic E-state index is -0.352. The Morgan fingerprint density at radius 1 is 1.61 bits per heavy atom. The van der Waals surface area contributed by atoms with Gasteiger partial charge in [-0.25, -0.2) is 4.39 Å². The summed E-state index contributed by atoms with van der Waals surface area (Å²) in [6.07, 6.45) is 3.40. The highest BCUT2D eigenvalue weighted by molar-refractivity contribution is 7.80. The van der Waals surface area contributed by atoms with Gasteiger partial charge in [0.15, 0.2) is 5.11 Å². The van der Waals surface area contributed by atoms with Crippen molar-refractivity contribution >= 4 is 23.5 Å². The number of halogens is 1. The smallest absolute Gasteiger partial charge is 0.184 e. The van der Waals surface area contributed by atoms with Gasteiger partial charge in [-0.2, -0.15) is 5.10 Å². The van der Waals surface area contributed by atoms with Crippen LogP contribution in [0, 0.1) is 5.82 Å². The molecule has 0 unspecified atom stereocenters. The third-order valence-electron chi connectivity index (χ3n) is 2.11. The van der Waals surface area contributed by atoms with E-state index in [4.69, 9.17) is 10.5 Å². The lowest BCUT2D eigenvalue weighted by molar-refractivity contribution is 0.308. The Bertz CT molecular complexity index is 437. The van der Waals surface area contributed by atoms with Gasteiger partial charge in [0.1, 0.15) is 11.6 Å². The summed E-state index contributed by atoms with van der Waals surface area (Å²) in [5.74, 6) is 0.230. The zero-order chi connectivity index (χ0) is 13.4. The van der Waals surface area contributed by atoms with Crippen molar-refractivity contribution in [3.05, 3.63) is 29.6 Å². The summed E-state index contributed by atoms with van der Waals surface area (Å²) in [6, 6.07) is 4.26. The van der Waals surface area contributed by atoms with Gasteiger partial charge in [0.2, 0.25) is 0 Å². The predicted octanol–water partition coefficient (Wildman–Crippen LogP) is 2.17. The number of nitrogens with two attached hydrogens (primary N) is 1. The molecule has 0 spiro atoms. The number of rotatable bonds is 6. The molecular formula is C12H16FN3OS. The van der Waals surface area contributed by atoms with Crippen LogP contribution < -0.4 is 15.9 Å². The standard InChI is InChI=1S/C12H16FN3OS/c1-2-3-6-17-11-5-4-10(13)7-9(11)8-15-16-12(14)18/h4-5,7-8H,2-3,6H2,1H3,(H3,14,16,18). The molecule has 0 amide bonds. The van der Waals surface area contributed by atoms with Crippen LogP contribution in [-0.2, 0) is 0 Å². The lowest BCUT2D eigenvalue weighted by atomic mass is 10.2. The molecule has 0 aromatic heterocycles. The van der Waals surface area contributed by atoms with E-state index in [9.17, 15) is 4.39 Å². The van der Waals surface area contributed by atoms with E-state index in [1.165, 1.54) is 18.3 Å². The summed E-state index contributed by atoms with van der Waals surface area (Å²) >= 11 is 4.60. The Morgan fingerprint density at radius 2 is 2.39 bits per heavy atom. The minimum absolute atomic E-state index is 0.0519. The van der Waals surface area contributed by atoms with Gasteiger partial charge in [0.05, 0.1) is 12.8 Å². The van der Waals surface area contributed by atoms with Crippen molar-refractivity contribution in [2.45, 2.75) is 19.8 Å². The van der Waals surface area contributed by atoms with E-state index >= 15 is 0 Å². The van der Waals surface area contributed by atoms with Gasteiger partial charge >= 0.3 is 0 Å².